The van der Waals surface area contributed by atoms with Gasteiger partial charge in [-0.1, -0.05) is 0 Å². The van der Waals surface area contributed by atoms with Crippen LogP contribution in [0.5, 0.6) is 0 Å². The summed E-state index contributed by atoms with van der Waals surface area (Å²) >= 11 is 0. The molecule has 0 amide bonds. The normalized spacial score (nSPS) is 26.7. The highest BCUT2D eigenvalue weighted by molar-refractivity contribution is 5.84. The number of fused-ring (bicyclic) bond motifs is 1. The van der Waals surface area contributed by atoms with Crippen LogP contribution in [0, 0.1) is 0 Å². The van der Waals surface area contributed by atoms with Gasteiger partial charge < -0.3 is 25.8 Å². The van der Waals surface area contributed by atoms with Gasteiger partial charge in [0.1, 0.15) is 24.6 Å². The fourth-order valence-corrected chi connectivity index (χ4v) is 2.50. The zero-order chi connectivity index (χ0) is 17.4. The van der Waals surface area contributed by atoms with Crippen LogP contribution in [-0.4, -0.2) is 65.5 Å². The summed E-state index contributed by atoms with van der Waals surface area (Å²) in [4.78, 5) is 12.3. The molecule has 1 aliphatic heterocycles. The number of aromatic nitrogens is 4. The molecule has 11 nitrogen and oxygen atoms in total. The zero-order valence-electron chi connectivity index (χ0n) is 13.2. The Bertz CT molecular complexity index is 773. The second-order valence-corrected chi connectivity index (χ2v) is 5.64. The number of anilines is 2. The molecule has 0 bridgehead atoms. The van der Waals surface area contributed by atoms with Crippen LogP contribution in [0.1, 0.15) is 20.1 Å². The van der Waals surface area contributed by atoms with E-state index in [1.807, 2.05) is 0 Å². The van der Waals surface area contributed by atoms with E-state index in [0.717, 1.165) is 5.71 Å². The Kier molecular flexibility index (Phi) is 4.32. The van der Waals surface area contributed by atoms with Gasteiger partial charge in [0.25, 0.3) is 0 Å². The molecule has 0 aliphatic carbocycles. The van der Waals surface area contributed by atoms with Crippen LogP contribution >= 0.6 is 0 Å². The van der Waals surface area contributed by atoms with Gasteiger partial charge in [0, 0.05) is 5.71 Å². The van der Waals surface area contributed by atoms with E-state index in [1.54, 1.807) is 13.8 Å². The molecule has 11 heteroatoms. The molecule has 0 radical (unpaired) electrons. The number of nitrogens with two attached hydrogens (primary N) is 1. The zero-order valence-corrected chi connectivity index (χ0v) is 13.2. The second-order valence-electron chi connectivity index (χ2n) is 5.64. The van der Waals surface area contributed by atoms with Gasteiger partial charge in [-0.15, -0.1) is 0 Å². The van der Waals surface area contributed by atoms with E-state index in [4.69, 9.17) is 10.5 Å². The third kappa shape index (κ3) is 2.67. The maximum absolute atomic E-state index is 10.3. The molecule has 2 aromatic rings. The molecule has 0 aromatic carbocycles. The molecule has 130 valence electrons. The first-order chi connectivity index (χ1) is 11.4. The van der Waals surface area contributed by atoms with Gasteiger partial charge in [-0.05, 0) is 13.8 Å². The third-order valence-corrected chi connectivity index (χ3v) is 3.66. The van der Waals surface area contributed by atoms with E-state index in [0.29, 0.717) is 11.2 Å². The summed E-state index contributed by atoms with van der Waals surface area (Å²) in [5.41, 5.74) is 9.94. The van der Waals surface area contributed by atoms with Gasteiger partial charge in [0.15, 0.2) is 23.2 Å². The van der Waals surface area contributed by atoms with Gasteiger partial charge in [-0.3, -0.25) is 4.57 Å². The van der Waals surface area contributed by atoms with Crippen LogP contribution < -0.4 is 11.2 Å². The molecule has 6 N–H and O–H groups in total. The number of hydrogen-bond acceptors (Lipinski definition) is 10. The van der Waals surface area contributed by atoms with Gasteiger partial charge in [0.2, 0.25) is 5.95 Å². The minimum absolute atomic E-state index is 0.158. The van der Waals surface area contributed by atoms with Crippen molar-refractivity contribution in [2.75, 3.05) is 17.8 Å². The summed E-state index contributed by atoms with van der Waals surface area (Å²) in [7, 11) is 0. The summed E-state index contributed by atoms with van der Waals surface area (Å²) in [6.07, 6.45) is -3.23. The van der Waals surface area contributed by atoms with Crippen molar-refractivity contribution in [1.82, 2.24) is 19.5 Å². The predicted molar refractivity (Wildman–Crippen MR) is 85.2 cm³/mol. The lowest BCUT2D eigenvalue weighted by Crippen LogP contribution is -2.33. The Morgan fingerprint density at radius 1 is 1.38 bits per heavy atom. The van der Waals surface area contributed by atoms with Crippen molar-refractivity contribution in [1.29, 1.82) is 0 Å². The van der Waals surface area contributed by atoms with Crippen molar-refractivity contribution in [3.63, 3.8) is 0 Å². The molecule has 24 heavy (non-hydrogen) atoms. The molecule has 4 atom stereocenters. The molecular formula is C13H19N7O4. The van der Waals surface area contributed by atoms with Crippen LogP contribution in [0.2, 0.25) is 0 Å². The van der Waals surface area contributed by atoms with E-state index in [1.165, 1.54) is 10.9 Å². The maximum Gasteiger partial charge on any atom is 0.228 e. The first-order valence-electron chi connectivity index (χ1n) is 7.31. The molecule has 0 spiro atoms. The summed E-state index contributed by atoms with van der Waals surface area (Å²) in [6, 6.07) is 0. The first kappa shape index (κ1) is 16.5. The fraction of sp³-hybridized carbons (Fsp3) is 0.538. The van der Waals surface area contributed by atoms with Crippen molar-refractivity contribution < 1.29 is 20.1 Å². The Balaban J connectivity index is 2.13. The summed E-state index contributed by atoms with van der Waals surface area (Å²) in [5.74, 6) is 0.374. The van der Waals surface area contributed by atoms with E-state index in [2.05, 4.69) is 25.5 Å². The number of hydrazone groups is 1. The Hall–Kier alpha value is -2.34. The molecule has 0 saturated carbocycles. The number of nitrogens with one attached hydrogen (secondary N) is 1. The number of nitrogen functional groups attached to an aromatic ring is 1. The monoisotopic (exact) mass is 337 g/mol. The van der Waals surface area contributed by atoms with Crippen molar-refractivity contribution >= 4 is 28.6 Å². The van der Waals surface area contributed by atoms with Crippen molar-refractivity contribution in [2.45, 2.75) is 38.4 Å². The van der Waals surface area contributed by atoms with Crippen LogP contribution in [0.4, 0.5) is 11.8 Å². The highest BCUT2D eigenvalue weighted by atomic mass is 16.6. The molecule has 1 saturated heterocycles. The maximum atomic E-state index is 10.3. The largest absolute Gasteiger partial charge is 0.394 e. The average Bonchev–Trinajstić information content (AvgIpc) is 3.05. The number of ether oxygens (including phenoxy) is 1. The van der Waals surface area contributed by atoms with Crippen molar-refractivity contribution in [3.8, 4) is 0 Å². The van der Waals surface area contributed by atoms with E-state index < -0.39 is 31.1 Å². The quantitative estimate of drug-likeness (QED) is 0.341. The Morgan fingerprint density at radius 3 is 2.75 bits per heavy atom. The second kappa shape index (κ2) is 6.28. The van der Waals surface area contributed by atoms with Crippen LogP contribution in [0.25, 0.3) is 11.2 Å². The summed E-state index contributed by atoms with van der Waals surface area (Å²) < 4.78 is 6.99. The van der Waals surface area contributed by atoms with Crippen molar-refractivity contribution in [3.05, 3.63) is 6.33 Å². The lowest BCUT2D eigenvalue weighted by molar-refractivity contribution is -0.0501. The molecule has 1 fully saturated rings. The highest BCUT2D eigenvalue weighted by Gasteiger charge is 2.45. The third-order valence-electron chi connectivity index (χ3n) is 3.66. The number of imidazole rings is 1. The lowest BCUT2D eigenvalue weighted by atomic mass is 10.1. The molecule has 1 aliphatic rings. The predicted octanol–water partition coefficient (Wildman–Crippen LogP) is -1.17. The summed E-state index contributed by atoms with van der Waals surface area (Å²) in [5, 5.41) is 33.6. The number of nitrogens with zero attached hydrogens (tertiary/aromatic N) is 5. The number of aliphatic hydroxyl groups excluding tert-OH is 3. The first-order valence-corrected chi connectivity index (χ1v) is 7.31. The van der Waals surface area contributed by atoms with E-state index in [9.17, 15) is 15.3 Å². The molecule has 4 unspecified atom stereocenters. The van der Waals surface area contributed by atoms with Crippen LogP contribution in [0.15, 0.2) is 11.4 Å². The summed E-state index contributed by atoms with van der Waals surface area (Å²) in [6.45, 7) is 3.15. The topological polar surface area (TPSA) is 164 Å². The Labute approximate surface area is 136 Å². The van der Waals surface area contributed by atoms with Gasteiger partial charge >= 0.3 is 0 Å². The number of hydrogen-bond donors (Lipinski definition) is 5. The highest BCUT2D eigenvalue weighted by Crippen LogP contribution is 2.35. The van der Waals surface area contributed by atoms with Gasteiger partial charge in [-0.25, -0.2) is 20.4 Å². The molecule has 3 rings (SSSR count). The minimum Gasteiger partial charge on any atom is -0.394 e. The van der Waals surface area contributed by atoms with E-state index in [-0.39, 0.29) is 11.8 Å². The molecule has 3 heterocycles. The molecular weight excluding hydrogens is 318 g/mol. The van der Waals surface area contributed by atoms with Crippen LogP contribution in [0.3, 0.4) is 0 Å². The van der Waals surface area contributed by atoms with Crippen LogP contribution in [-0.2, 0) is 4.74 Å². The average molecular weight is 337 g/mol. The lowest BCUT2D eigenvalue weighted by Gasteiger charge is -2.18. The molecule has 2 aromatic heterocycles. The standard InChI is InChI=1S/C13H19N7O4/c1-5(2)18-19-13-17-7-10(14)15-4-16-11(7)20(13)12-9(23)8(22)6(3-21)24-12/h4,6,8-9,12,21-23H,3H2,1-2H3,(H,17,19)(H2,14,15,16). The number of rotatable bonds is 4. The smallest absolute Gasteiger partial charge is 0.228 e. The SMILES string of the molecule is CC(C)=NNc1nc2c(N)ncnc2n1C1OC(CO)C(O)C1O. The minimum atomic E-state index is -1.29. The Morgan fingerprint density at radius 2 is 2.12 bits per heavy atom. The number of aliphatic hydroxyl groups is 3. The van der Waals surface area contributed by atoms with Crippen molar-refractivity contribution in [2.24, 2.45) is 5.10 Å². The fourth-order valence-electron chi connectivity index (χ4n) is 2.50. The van der Waals surface area contributed by atoms with Gasteiger partial charge in [0.05, 0.1) is 6.61 Å². The van der Waals surface area contributed by atoms with E-state index >= 15 is 0 Å². The van der Waals surface area contributed by atoms with Gasteiger partial charge in [-0.2, -0.15) is 5.10 Å².